The number of carbonyl (C=O) groups excluding carboxylic acids is 1. The topological polar surface area (TPSA) is 64.2 Å². The van der Waals surface area contributed by atoms with Crippen molar-refractivity contribution in [2.75, 3.05) is 5.32 Å². The zero-order valence-corrected chi connectivity index (χ0v) is 16.2. The number of aromatic nitrogens is 4. The van der Waals surface area contributed by atoms with Gasteiger partial charge < -0.3 is 5.32 Å². The van der Waals surface area contributed by atoms with Crippen LogP contribution in [0.25, 0.3) is 16.6 Å². The summed E-state index contributed by atoms with van der Waals surface area (Å²) in [4.78, 5) is 12.9. The molecule has 9 heteroatoms. The lowest BCUT2D eigenvalue weighted by Crippen LogP contribution is -2.13. The third-order valence-electron chi connectivity index (χ3n) is 4.81. The maximum absolute atomic E-state index is 14.5. The van der Waals surface area contributed by atoms with E-state index >= 15 is 0 Å². The second kappa shape index (κ2) is 7.66. The van der Waals surface area contributed by atoms with Gasteiger partial charge in [0.05, 0.1) is 23.5 Å². The second-order valence-electron chi connectivity index (χ2n) is 6.97. The molecule has 3 heterocycles. The van der Waals surface area contributed by atoms with E-state index in [0.29, 0.717) is 27.9 Å². The quantitative estimate of drug-likeness (QED) is 0.525. The monoisotopic (exact) mass is 413 g/mol. The lowest BCUT2D eigenvalue weighted by Gasteiger charge is -2.11. The zero-order chi connectivity index (χ0) is 21.4. The largest absolute Gasteiger partial charge is 0.322 e. The molecule has 0 aliphatic heterocycles. The van der Waals surface area contributed by atoms with Gasteiger partial charge in [-0.25, -0.2) is 17.7 Å². The van der Waals surface area contributed by atoms with E-state index in [1.165, 1.54) is 30.7 Å². The van der Waals surface area contributed by atoms with E-state index in [2.05, 4.69) is 15.5 Å². The molecular weight excluding hydrogens is 395 g/mol. The number of anilines is 1. The number of rotatable bonds is 5. The fraction of sp³-hybridized carbons (Fsp3) is 0.190. The molecule has 3 aromatic heterocycles. The molecule has 0 unspecified atom stereocenters. The average Bonchev–Trinajstić information content (AvgIpc) is 3.31. The zero-order valence-electron chi connectivity index (χ0n) is 16.2. The molecule has 0 saturated heterocycles. The Labute approximate surface area is 169 Å². The molecule has 0 spiro atoms. The van der Waals surface area contributed by atoms with Crippen molar-refractivity contribution in [1.29, 1.82) is 0 Å². The maximum atomic E-state index is 14.5. The van der Waals surface area contributed by atoms with E-state index in [0.717, 1.165) is 10.4 Å². The van der Waals surface area contributed by atoms with Crippen molar-refractivity contribution >= 4 is 17.1 Å². The molecule has 4 aromatic rings. The summed E-state index contributed by atoms with van der Waals surface area (Å²) in [7, 11) is 0. The summed E-state index contributed by atoms with van der Waals surface area (Å²) < 4.78 is 42.4. The Balaban J connectivity index is 1.66. The van der Waals surface area contributed by atoms with Crippen LogP contribution < -0.4 is 5.32 Å². The number of fused-ring (bicyclic) bond motifs is 1. The summed E-state index contributed by atoms with van der Waals surface area (Å²) in [6.07, 6.45) is 1.58. The summed E-state index contributed by atoms with van der Waals surface area (Å²) in [5, 5.41) is 10.9. The number of pyridine rings is 1. The van der Waals surface area contributed by atoms with Crippen LogP contribution in [0, 0.1) is 19.7 Å². The number of hydrogen-bond donors (Lipinski definition) is 1. The molecule has 1 N–H and O–H groups in total. The smallest absolute Gasteiger partial charge is 0.259 e. The minimum atomic E-state index is -2.56. The van der Waals surface area contributed by atoms with Crippen molar-refractivity contribution < 1.29 is 18.0 Å². The van der Waals surface area contributed by atoms with E-state index < -0.39 is 18.8 Å². The normalized spacial score (nSPS) is 11.4. The van der Waals surface area contributed by atoms with Gasteiger partial charge in [0.25, 0.3) is 12.3 Å². The molecule has 0 atom stereocenters. The minimum Gasteiger partial charge on any atom is -0.322 e. The highest BCUT2D eigenvalue weighted by Gasteiger charge is 2.17. The van der Waals surface area contributed by atoms with E-state index in [-0.39, 0.29) is 11.5 Å². The van der Waals surface area contributed by atoms with E-state index in [9.17, 15) is 18.0 Å². The molecule has 0 radical (unpaired) electrons. The van der Waals surface area contributed by atoms with Gasteiger partial charge in [-0.1, -0.05) is 6.07 Å². The molecule has 6 nitrogen and oxygen atoms in total. The van der Waals surface area contributed by atoms with Crippen molar-refractivity contribution in [3.05, 3.63) is 71.6 Å². The van der Waals surface area contributed by atoms with Crippen molar-refractivity contribution in [2.24, 2.45) is 0 Å². The lowest BCUT2D eigenvalue weighted by atomic mass is 10.0. The molecule has 4 rings (SSSR count). The number of alkyl halides is 2. The predicted molar refractivity (Wildman–Crippen MR) is 106 cm³/mol. The second-order valence-corrected chi connectivity index (χ2v) is 6.97. The summed E-state index contributed by atoms with van der Waals surface area (Å²) in [6, 6.07) is 8.27. The first-order chi connectivity index (χ1) is 14.3. The Bertz CT molecular complexity index is 1240. The Morgan fingerprint density at radius 1 is 1.17 bits per heavy atom. The molecular formula is C21H18F3N5O. The highest BCUT2D eigenvalue weighted by atomic mass is 19.3. The molecule has 1 amide bonds. The fourth-order valence-corrected chi connectivity index (χ4v) is 3.29. The number of carbonyl (C=O) groups is 1. The highest BCUT2D eigenvalue weighted by Crippen LogP contribution is 2.29. The van der Waals surface area contributed by atoms with Crippen LogP contribution in [0.5, 0.6) is 0 Å². The standard InChI is InChI=1S/C21H18F3N5O/c1-12-6-17(22)15(14-8-25-28(10-14)11-20(23)24)7-18(12)27-21(30)16-9-26-29-13(2)4-3-5-19(16)29/h3-10,20H,11H2,1-2H3,(H,27,30). The summed E-state index contributed by atoms with van der Waals surface area (Å²) >= 11 is 0. The molecule has 154 valence electrons. The van der Waals surface area contributed by atoms with E-state index in [4.69, 9.17) is 0 Å². The number of halogens is 3. The van der Waals surface area contributed by atoms with Gasteiger partial charge in [0.1, 0.15) is 12.4 Å². The van der Waals surface area contributed by atoms with Crippen LogP contribution in [0.1, 0.15) is 21.6 Å². The predicted octanol–water partition coefficient (Wildman–Crippen LogP) is 4.47. The van der Waals surface area contributed by atoms with Gasteiger partial charge in [-0.05, 0) is 43.7 Å². The Morgan fingerprint density at radius 2 is 1.97 bits per heavy atom. The number of aryl methyl sites for hydroxylation is 2. The van der Waals surface area contributed by atoms with Gasteiger partial charge in [-0.15, -0.1) is 0 Å². The Kier molecular flexibility index (Phi) is 5.03. The van der Waals surface area contributed by atoms with E-state index in [1.54, 1.807) is 17.5 Å². The first-order valence-corrected chi connectivity index (χ1v) is 9.19. The van der Waals surface area contributed by atoms with Crippen molar-refractivity contribution in [3.8, 4) is 11.1 Å². The number of hydrogen-bond acceptors (Lipinski definition) is 3. The average molecular weight is 413 g/mol. The van der Waals surface area contributed by atoms with Gasteiger partial charge >= 0.3 is 0 Å². The van der Waals surface area contributed by atoms with Crippen LogP contribution >= 0.6 is 0 Å². The highest BCUT2D eigenvalue weighted by molar-refractivity contribution is 6.09. The third kappa shape index (κ3) is 3.66. The maximum Gasteiger partial charge on any atom is 0.259 e. The van der Waals surface area contributed by atoms with Gasteiger partial charge in [0.2, 0.25) is 0 Å². The van der Waals surface area contributed by atoms with Crippen LogP contribution in [-0.2, 0) is 6.54 Å². The molecule has 0 aliphatic rings. The summed E-state index contributed by atoms with van der Waals surface area (Å²) in [6.45, 7) is 2.97. The fourth-order valence-electron chi connectivity index (χ4n) is 3.29. The minimum absolute atomic E-state index is 0.159. The Morgan fingerprint density at radius 3 is 2.73 bits per heavy atom. The van der Waals surface area contributed by atoms with E-state index in [1.807, 2.05) is 19.1 Å². The number of amides is 1. The molecule has 30 heavy (non-hydrogen) atoms. The summed E-state index contributed by atoms with van der Waals surface area (Å²) in [5.41, 5.74) is 3.35. The first-order valence-electron chi connectivity index (χ1n) is 9.19. The Hall–Kier alpha value is -3.62. The summed E-state index contributed by atoms with van der Waals surface area (Å²) in [5.74, 6) is -0.918. The first kappa shape index (κ1) is 19.7. The SMILES string of the molecule is Cc1cc(F)c(-c2cnn(CC(F)F)c2)cc1NC(=O)c1cnn2c(C)cccc12. The van der Waals surface area contributed by atoms with Gasteiger partial charge in [-0.2, -0.15) is 10.2 Å². The van der Waals surface area contributed by atoms with Gasteiger partial charge in [0, 0.05) is 28.7 Å². The van der Waals surface area contributed by atoms with Crippen LogP contribution in [-0.4, -0.2) is 31.7 Å². The lowest BCUT2D eigenvalue weighted by molar-refractivity contribution is 0.102. The number of nitrogens with zero attached hydrogens (tertiary/aromatic N) is 4. The third-order valence-corrected chi connectivity index (χ3v) is 4.81. The van der Waals surface area contributed by atoms with Crippen LogP contribution in [0.3, 0.4) is 0 Å². The molecule has 0 bridgehead atoms. The number of benzene rings is 1. The van der Waals surface area contributed by atoms with Gasteiger partial charge in [0.15, 0.2) is 0 Å². The van der Waals surface area contributed by atoms with Gasteiger partial charge in [-0.3, -0.25) is 9.48 Å². The molecule has 1 aromatic carbocycles. The van der Waals surface area contributed by atoms with Crippen LogP contribution in [0.15, 0.2) is 48.9 Å². The van der Waals surface area contributed by atoms with Crippen LogP contribution in [0.2, 0.25) is 0 Å². The van der Waals surface area contributed by atoms with Crippen molar-refractivity contribution in [1.82, 2.24) is 19.4 Å². The molecule has 0 saturated carbocycles. The number of nitrogens with one attached hydrogen (secondary N) is 1. The molecule has 0 fully saturated rings. The molecule has 0 aliphatic carbocycles. The van der Waals surface area contributed by atoms with Crippen molar-refractivity contribution in [2.45, 2.75) is 26.8 Å². The van der Waals surface area contributed by atoms with Crippen molar-refractivity contribution in [3.63, 3.8) is 0 Å². The van der Waals surface area contributed by atoms with Crippen LogP contribution in [0.4, 0.5) is 18.9 Å².